The van der Waals surface area contributed by atoms with Gasteiger partial charge in [0.2, 0.25) is 0 Å². The van der Waals surface area contributed by atoms with Crippen LogP contribution in [0.5, 0.6) is 11.5 Å². The molecule has 1 aromatic carbocycles. The molecule has 1 fully saturated rings. The summed E-state index contributed by atoms with van der Waals surface area (Å²) in [6, 6.07) is 5.86. The van der Waals surface area contributed by atoms with Gasteiger partial charge in [0.1, 0.15) is 5.25 Å². The molecular formula is C21H29N5O3S. The second-order valence-corrected chi connectivity index (χ2v) is 8.59. The molecule has 0 saturated carbocycles. The number of aromatic nitrogens is 3. The fraction of sp³-hybridized carbons (Fsp3) is 0.571. The number of ether oxygens (including phenoxy) is 2. The Kier molecular flexibility index (Phi) is 6.31. The number of hydrogen-bond donors (Lipinski definition) is 0. The first-order valence-electron chi connectivity index (χ1n) is 10.4. The monoisotopic (exact) mass is 431 g/mol. The third-order valence-electron chi connectivity index (χ3n) is 5.91. The standard InChI is InChI=1S/C21H29N5O3S/c1-5-17-22-21-26(23-17)20(27)19(30-21)18(25-11-9-24(6-2)10-12-25)14-7-8-15(28-3)16(13-14)29-4/h7-8,13,18-19H,5-6,9-12H2,1-4H3. The molecule has 8 nitrogen and oxygen atoms in total. The summed E-state index contributed by atoms with van der Waals surface area (Å²) in [6.07, 6.45) is 0.719. The molecule has 0 aliphatic carbocycles. The largest absolute Gasteiger partial charge is 0.493 e. The first-order valence-corrected chi connectivity index (χ1v) is 11.3. The Morgan fingerprint density at radius 2 is 1.87 bits per heavy atom. The second-order valence-electron chi connectivity index (χ2n) is 7.48. The lowest BCUT2D eigenvalue weighted by atomic mass is 9.99. The molecule has 2 unspecified atom stereocenters. The van der Waals surface area contributed by atoms with Crippen molar-refractivity contribution in [1.29, 1.82) is 0 Å². The van der Waals surface area contributed by atoms with Gasteiger partial charge in [0.25, 0.3) is 5.91 Å². The van der Waals surface area contributed by atoms with Crippen LogP contribution in [-0.2, 0) is 6.42 Å². The smallest absolute Gasteiger partial charge is 0.264 e. The van der Waals surface area contributed by atoms with Crippen LogP contribution in [-0.4, -0.2) is 82.7 Å². The molecule has 9 heteroatoms. The maximum atomic E-state index is 13.3. The molecule has 30 heavy (non-hydrogen) atoms. The van der Waals surface area contributed by atoms with Crippen LogP contribution in [0, 0.1) is 0 Å². The highest BCUT2D eigenvalue weighted by Gasteiger charge is 2.43. The van der Waals surface area contributed by atoms with Gasteiger partial charge in [-0.2, -0.15) is 4.68 Å². The Bertz CT molecular complexity index is 910. The minimum atomic E-state index is -0.294. The van der Waals surface area contributed by atoms with Crippen LogP contribution in [0.1, 0.15) is 36.1 Å². The molecule has 2 atom stereocenters. The summed E-state index contributed by atoms with van der Waals surface area (Å²) in [5.74, 6) is 2.07. The number of fused-ring (bicyclic) bond motifs is 1. The number of hydrogen-bond acceptors (Lipinski definition) is 8. The van der Waals surface area contributed by atoms with Crippen molar-refractivity contribution in [2.24, 2.45) is 0 Å². The van der Waals surface area contributed by atoms with Crippen molar-refractivity contribution < 1.29 is 14.3 Å². The lowest BCUT2D eigenvalue weighted by molar-refractivity contribution is 0.0738. The summed E-state index contributed by atoms with van der Waals surface area (Å²) in [4.78, 5) is 22.7. The van der Waals surface area contributed by atoms with E-state index in [4.69, 9.17) is 9.47 Å². The molecule has 2 aliphatic heterocycles. The zero-order valence-corrected chi connectivity index (χ0v) is 18.8. The van der Waals surface area contributed by atoms with Crippen LogP contribution in [0.3, 0.4) is 0 Å². The van der Waals surface area contributed by atoms with E-state index < -0.39 is 0 Å². The predicted molar refractivity (Wildman–Crippen MR) is 116 cm³/mol. The highest BCUT2D eigenvalue weighted by atomic mass is 32.2. The van der Waals surface area contributed by atoms with Gasteiger partial charge in [-0.05, 0) is 24.2 Å². The normalized spacial score (nSPS) is 20.9. The summed E-state index contributed by atoms with van der Waals surface area (Å²) in [5, 5.41) is 4.81. The summed E-state index contributed by atoms with van der Waals surface area (Å²) < 4.78 is 12.4. The van der Waals surface area contributed by atoms with Gasteiger partial charge in [-0.3, -0.25) is 9.69 Å². The molecule has 0 spiro atoms. The van der Waals surface area contributed by atoms with Gasteiger partial charge >= 0.3 is 0 Å². The Morgan fingerprint density at radius 1 is 1.13 bits per heavy atom. The van der Waals surface area contributed by atoms with E-state index >= 15 is 0 Å². The molecule has 0 amide bonds. The lowest BCUT2D eigenvalue weighted by Gasteiger charge is -2.40. The number of carbonyl (C=O) groups is 1. The van der Waals surface area contributed by atoms with E-state index in [2.05, 4.69) is 26.8 Å². The number of carbonyl (C=O) groups excluding carboxylic acids is 1. The van der Waals surface area contributed by atoms with Crippen molar-refractivity contribution in [3.8, 4) is 11.5 Å². The summed E-state index contributed by atoms with van der Waals surface area (Å²) in [5.41, 5.74) is 1.05. The van der Waals surface area contributed by atoms with Crippen molar-refractivity contribution in [2.45, 2.75) is 36.7 Å². The van der Waals surface area contributed by atoms with Crippen molar-refractivity contribution in [1.82, 2.24) is 24.6 Å². The molecule has 1 saturated heterocycles. The first-order chi connectivity index (χ1) is 14.6. The van der Waals surface area contributed by atoms with Gasteiger partial charge in [-0.25, -0.2) is 4.98 Å². The number of rotatable bonds is 7. The van der Waals surface area contributed by atoms with Crippen molar-refractivity contribution in [3.05, 3.63) is 29.6 Å². The Labute approximate surface area is 181 Å². The molecule has 1 aromatic heterocycles. The zero-order chi connectivity index (χ0) is 21.3. The van der Waals surface area contributed by atoms with Gasteiger partial charge in [0, 0.05) is 32.6 Å². The SMILES string of the molecule is CCc1nc2n(n1)C(=O)C(C(c1ccc(OC)c(OC)c1)N1CCN(CC)CC1)S2. The third-order valence-corrected chi connectivity index (χ3v) is 7.09. The Morgan fingerprint density at radius 3 is 2.47 bits per heavy atom. The van der Waals surface area contributed by atoms with Crippen LogP contribution in [0.25, 0.3) is 0 Å². The van der Waals surface area contributed by atoms with E-state index in [-0.39, 0.29) is 17.2 Å². The van der Waals surface area contributed by atoms with Gasteiger partial charge in [0.15, 0.2) is 22.5 Å². The average Bonchev–Trinajstić information content (AvgIpc) is 3.33. The maximum absolute atomic E-state index is 13.3. The quantitative estimate of drug-likeness (QED) is 0.662. The number of piperazine rings is 1. The number of nitrogens with zero attached hydrogens (tertiary/aromatic N) is 5. The van der Waals surface area contributed by atoms with E-state index in [1.54, 1.807) is 14.2 Å². The number of thioether (sulfide) groups is 1. The molecule has 3 heterocycles. The molecule has 0 N–H and O–H groups in total. The average molecular weight is 432 g/mol. The van der Waals surface area contributed by atoms with E-state index in [9.17, 15) is 4.79 Å². The fourth-order valence-corrected chi connectivity index (χ4v) is 5.44. The molecule has 2 aliphatic rings. The Balaban J connectivity index is 1.68. The second kappa shape index (κ2) is 8.95. The molecule has 2 aromatic rings. The lowest BCUT2D eigenvalue weighted by Crippen LogP contribution is -2.50. The van der Waals surface area contributed by atoms with E-state index in [1.165, 1.54) is 16.4 Å². The van der Waals surface area contributed by atoms with E-state index in [1.807, 2.05) is 25.1 Å². The summed E-state index contributed by atoms with van der Waals surface area (Å²) >= 11 is 1.52. The minimum absolute atomic E-state index is 0.0000870. The van der Waals surface area contributed by atoms with Gasteiger partial charge in [-0.15, -0.1) is 5.10 Å². The van der Waals surface area contributed by atoms with Crippen molar-refractivity contribution >= 4 is 17.7 Å². The predicted octanol–water partition coefficient (Wildman–Crippen LogP) is 2.35. The maximum Gasteiger partial charge on any atom is 0.264 e. The molecule has 4 rings (SSSR count). The highest BCUT2D eigenvalue weighted by molar-refractivity contribution is 8.00. The highest BCUT2D eigenvalue weighted by Crippen LogP contribution is 2.43. The fourth-order valence-electron chi connectivity index (χ4n) is 4.16. The first kappa shape index (κ1) is 21.1. The number of likely N-dealkylation sites (N-methyl/N-ethyl adjacent to an activating group) is 1. The van der Waals surface area contributed by atoms with Crippen LogP contribution in [0.4, 0.5) is 0 Å². The number of aryl methyl sites for hydroxylation is 1. The van der Waals surface area contributed by atoms with Crippen LogP contribution in [0.2, 0.25) is 0 Å². The van der Waals surface area contributed by atoms with E-state index in [0.29, 0.717) is 22.5 Å². The summed E-state index contributed by atoms with van der Waals surface area (Å²) in [7, 11) is 3.27. The molecule has 162 valence electrons. The van der Waals surface area contributed by atoms with Crippen LogP contribution in [0.15, 0.2) is 23.4 Å². The summed E-state index contributed by atoms with van der Waals surface area (Å²) in [6.45, 7) is 9.04. The minimum Gasteiger partial charge on any atom is -0.493 e. The van der Waals surface area contributed by atoms with Crippen molar-refractivity contribution in [3.63, 3.8) is 0 Å². The van der Waals surface area contributed by atoms with Crippen molar-refractivity contribution in [2.75, 3.05) is 46.9 Å². The number of methoxy groups -OCH3 is 2. The third kappa shape index (κ3) is 3.81. The van der Waals surface area contributed by atoms with Crippen LogP contribution < -0.4 is 9.47 Å². The van der Waals surface area contributed by atoms with Gasteiger partial charge in [0.05, 0.1) is 20.3 Å². The van der Waals surface area contributed by atoms with Gasteiger partial charge < -0.3 is 14.4 Å². The number of benzene rings is 1. The zero-order valence-electron chi connectivity index (χ0n) is 18.0. The van der Waals surface area contributed by atoms with E-state index in [0.717, 1.165) is 44.7 Å². The van der Waals surface area contributed by atoms with Gasteiger partial charge in [-0.1, -0.05) is 31.7 Å². The molecule has 0 bridgehead atoms. The molecular weight excluding hydrogens is 402 g/mol. The topological polar surface area (TPSA) is 72.7 Å². The van der Waals surface area contributed by atoms with Crippen LogP contribution >= 0.6 is 11.8 Å². The molecule has 0 radical (unpaired) electrons. The Hall–Kier alpha value is -2.10.